The Balaban J connectivity index is -0.00000180. The van der Waals surface area contributed by atoms with E-state index in [1.807, 2.05) is 0 Å². The summed E-state index contributed by atoms with van der Waals surface area (Å²) in [6.45, 7) is 2.17. The molecule has 1 unspecified atom stereocenters. The first-order chi connectivity index (χ1) is 9.38. The molecule has 1 atom stereocenters. The molecular weight excluding hydrogens is 342 g/mol. The Kier molecular flexibility index (Phi) is 23.3. The number of carboxylic acids is 1. The van der Waals surface area contributed by atoms with Crippen LogP contribution in [0.4, 0.5) is 0 Å². The van der Waals surface area contributed by atoms with Crippen LogP contribution >= 0.6 is 0 Å². The van der Waals surface area contributed by atoms with Gasteiger partial charge in [0.25, 0.3) is 0 Å². The molecule has 0 saturated carbocycles. The van der Waals surface area contributed by atoms with Crippen molar-refractivity contribution in [3.63, 3.8) is 0 Å². The predicted molar refractivity (Wildman–Crippen MR) is 75.0 cm³/mol. The van der Waals surface area contributed by atoms with Gasteiger partial charge in [-0.25, -0.2) is 8.42 Å². The Morgan fingerprint density at radius 1 is 0.955 bits per heavy atom. The number of hydrogen-bond donors (Lipinski definition) is 0. The number of unbranched alkanes of at least 4 members (excludes halogenated alkanes) is 8. The van der Waals surface area contributed by atoms with Gasteiger partial charge >= 0.3 is 80.9 Å². The Labute approximate surface area is 199 Å². The minimum absolute atomic E-state index is 0. The van der Waals surface area contributed by atoms with Crippen molar-refractivity contribution in [2.75, 3.05) is 0 Å². The summed E-state index contributed by atoms with van der Waals surface area (Å²) in [5, 5.41) is 9.07. The molecule has 0 N–H and O–H groups in total. The van der Waals surface area contributed by atoms with Gasteiger partial charge in [-0.3, -0.25) is 0 Å². The fourth-order valence-corrected chi connectivity index (χ4v) is 3.01. The fraction of sp³-hybridized carbons (Fsp3) is 0.929. The summed E-state index contributed by atoms with van der Waals surface area (Å²) in [5.41, 5.74) is 0. The molecule has 0 aliphatic heterocycles. The van der Waals surface area contributed by atoms with Crippen molar-refractivity contribution in [1.29, 1.82) is 0 Å². The van der Waals surface area contributed by atoms with Crippen molar-refractivity contribution in [2.24, 2.45) is 0 Å². The first kappa shape index (κ1) is 28.8. The van der Waals surface area contributed by atoms with Crippen LogP contribution in [0.25, 0.3) is 0 Å². The van der Waals surface area contributed by atoms with E-state index in [0.717, 1.165) is 19.3 Å². The molecule has 0 aromatic carbocycles. The van der Waals surface area contributed by atoms with Crippen molar-refractivity contribution in [1.82, 2.24) is 0 Å². The van der Waals surface area contributed by atoms with E-state index >= 15 is 0 Å². The predicted octanol–water partition coefficient (Wildman–Crippen LogP) is -4.03. The van der Waals surface area contributed by atoms with Crippen LogP contribution in [0, 0.1) is 0 Å². The number of hydrogen-bond acceptors (Lipinski definition) is 5. The van der Waals surface area contributed by atoms with Gasteiger partial charge in [0.2, 0.25) is 0 Å². The fourth-order valence-electron chi connectivity index (χ4n) is 2.22. The zero-order chi connectivity index (χ0) is 15.4. The zero-order valence-electron chi connectivity index (χ0n) is 14.3. The summed E-state index contributed by atoms with van der Waals surface area (Å²) < 4.78 is 32.7. The maximum Gasteiger partial charge on any atom is 1.00 e. The van der Waals surface area contributed by atoms with E-state index in [2.05, 4.69) is 6.92 Å². The molecule has 0 aromatic heterocycles. The van der Waals surface area contributed by atoms with E-state index in [1.54, 1.807) is 0 Å². The van der Waals surface area contributed by atoms with Crippen molar-refractivity contribution in [2.45, 2.75) is 82.8 Å². The third-order valence-corrected chi connectivity index (χ3v) is 4.65. The first-order valence-corrected chi connectivity index (χ1v) is 8.99. The summed E-state index contributed by atoms with van der Waals surface area (Å²) in [7, 11) is -4.54. The van der Waals surface area contributed by atoms with Gasteiger partial charge < -0.3 is 14.5 Å². The van der Waals surface area contributed by atoms with E-state index < -0.39 is 27.8 Å². The number of carboxylic acid groups (broad SMARTS) is 1. The Bertz CT molecular complexity index is 362. The number of carbonyl (C=O) groups is 1. The SMILES string of the molecule is CCCCCCCCCCCC(CC(=O)[O-])S(=O)(=O)[O-].[K+].[Na+]. The van der Waals surface area contributed by atoms with Crippen molar-refractivity contribution in [3.8, 4) is 0 Å². The van der Waals surface area contributed by atoms with Gasteiger partial charge in [-0.2, -0.15) is 0 Å². The molecular formula is C14H26KNaO5S. The average Bonchev–Trinajstić information content (AvgIpc) is 2.33. The van der Waals surface area contributed by atoms with E-state index in [1.165, 1.54) is 32.1 Å². The van der Waals surface area contributed by atoms with Crippen molar-refractivity contribution < 1.29 is 104 Å². The Hall–Kier alpha value is 2.02. The molecule has 0 bridgehead atoms. The third kappa shape index (κ3) is 18.4. The number of rotatable bonds is 13. The van der Waals surface area contributed by atoms with Gasteiger partial charge in [0.15, 0.2) is 0 Å². The molecule has 0 aliphatic rings. The van der Waals surface area contributed by atoms with Crippen LogP contribution < -0.4 is 86.0 Å². The van der Waals surface area contributed by atoms with Gasteiger partial charge in [-0.15, -0.1) is 0 Å². The minimum Gasteiger partial charge on any atom is -0.748 e. The molecule has 22 heavy (non-hydrogen) atoms. The Morgan fingerprint density at radius 3 is 1.73 bits per heavy atom. The van der Waals surface area contributed by atoms with E-state index in [9.17, 15) is 22.9 Å². The Morgan fingerprint density at radius 2 is 1.36 bits per heavy atom. The standard InChI is InChI=1S/C14H28O5S.K.Na/c1-2-3-4-5-6-7-8-9-10-11-13(12-14(15)16)20(17,18)19;;/h13H,2-12H2,1H3,(H,15,16)(H,17,18,19);;/q;2*+1/p-2. The van der Waals surface area contributed by atoms with Gasteiger partial charge in [0.1, 0.15) is 0 Å². The molecule has 0 aliphatic carbocycles. The van der Waals surface area contributed by atoms with Crippen LogP contribution in [-0.4, -0.2) is 24.2 Å². The molecule has 0 saturated heterocycles. The average molecular weight is 369 g/mol. The minimum atomic E-state index is -4.54. The van der Waals surface area contributed by atoms with E-state index in [4.69, 9.17) is 0 Å². The quantitative estimate of drug-likeness (QED) is 0.187. The molecule has 0 heterocycles. The molecule has 0 rings (SSSR count). The molecule has 0 aromatic rings. The topological polar surface area (TPSA) is 97.3 Å². The van der Waals surface area contributed by atoms with Gasteiger partial charge in [0.05, 0.1) is 15.4 Å². The normalized spacial score (nSPS) is 12.1. The summed E-state index contributed by atoms with van der Waals surface area (Å²) in [6, 6.07) is 0. The van der Waals surface area contributed by atoms with Gasteiger partial charge in [-0.05, 0) is 6.42 Å². The number of carbonyl (C=O) groups excluding carboxylic acids is 1. The van der Waals surface area contributed by atoms with Crippen molar-refractivity contribution >= 4 is 16.1 Å². The monoisotopic (exact) mass is 368 g/mol. The molecule has 120 valence electrons. The van der Waals surface area contributed by atoms with Gasteiger partial charge in [-0.1, -0.05) is 64.7 Å². The van der Waals surface area contributed by atoms with Crippen LogP contribution in [-0.2, 0) is 14.9 Å². The smallest absolute Gasteiger partial charge is 0.748 e. The second-order valence-corrected chi connectivity index (χ2v) is 6.96. The van der Waals surface area contributed by atoms with Crippen LogP contribution in [0.1, 0.15) is 77.6 Å². The second-order valence-electron chi connectivity index (χ2n) is 5.31. The summed E-state index contributed by atoms with van der Waals surface area (Å²) in [5.74, 6) is -1.48. The summed E-state index contributed by atoms with van der Waals surface area (Å²) in [4.78, 5) is 10.4. The van der Waals surface area contributed by atoms with E-state index in [0.29, 0.717) is 6.42 Å². The van der Waals surface area contributed by atoms with Crippen LogP contribution in [0.2, 0.25) is 0 Å². The summed E-state index contributed by atoms with van der Waals surface area (Å²) in [6.07, 6.45) is 9.13. The molecule has 0 amide bonds. The third-order valence-electron chi connectivity index (χ3n) is 3.43. The number of aliphatic carboxylic acids is 1. The molecule has 5 nitrogen and oxygen atoms in total. The van der Waals surface area contributed by atoms with Gasteiger partial charge in [0, 0.05) is 12.4 Å². The summed E-state index contributed by atoms with van der Waals surface area (Å²) >= 11 is 0. The second kappa shape index (κ2) is 17.8. The van der Waals surface area contributed by atoms with Crippen molar-refractivity contribution in [3.05, 3.63) is 0 Å². The maximum absolute atomic E-state index is 10.9. The molecule has 8 heteroatoms. The van der Waals surface area contributed by atoms with Crippen LogP contribution in [0.5, 0.6) is 0 Å². The largest absolute Gasteiger partial charge is 1.00 e. The maximum atomic E-state index is 10.9. The molecule has 0 fully saturated rings. The zero-order valence-corrected chi connectivity index (χ0v) is 20.2. The van der Waals surface area contributed by atoms with Crippen LogP contribution in [0.15, 0.2) is 0 Å². The van der Waals surface area contributed by atoms with E-state index in [-0.39, 0.29) is 87.4 Å². The molecule has 0 spiro atoms. The molecule has 0 radical (unpaired) electrons. The first-order valence-electron chi connectivity index (χ1n) is 7.52. The van der Waals surface area contributed by atoms with Crippen LogP contribution in [0.3, 0.4) is 0 Å².